The molecular weight excluding hydrogens is 302 g/mol. The van der Waals surface area contributed by atoms with Gasteiger partial charge in [-0.05, 0) is 6.07 Å². The number of aliphatic hydroxyl groups excluding tert-OH is 2. The number of aliphatic imine (C=N–C) groups is 1. The fraction of sp³-hybridized carbons (Fsp3) is 0.500. The van der Waals surface area contributed by atoms with Gasteiger partial charge in [-0.1, -0.05) is 0 Å². The molecule has 124 valence electrons. The van der Waals surface area contributed by atoms with Gasteiger partial charge in [-0.15, -0.1) is 0 Å². The quantitative estimate of drug-likeness (QED) is 0.520. The van der Waals surface area contributed by atoms with Gasteiger partial charge in [-0.3, -0.25) is 9.78 Å². The van der Waals surface area contributed by atoms with Crippen LogP contribution in [0.25, 0.3) is 11.0 Å². The van der Waals surface area contributed by atoms with Crippen molar-refractivity contribution < 1.29 is 14.9 Å². The predicted molar refractivity (Wildman–Crippen MR) is 83.8 cm³/mol. The highest BCUT2D eigenvalue weighted by Crippen LogP contribution is 2.30. The minimum absolute atomic E-state index is 0.188. The smallest absolute Gasteiger partial charge is 0.261 e. The average molecular weight is 321 g/mol. The molecule has 23 heavy (non-hydrogen) atoms. The third-order valence-corrected chi connectivity index (χ3v) is 3.67. The summed E-state index contributed by atoms with van der Waals surface area (Å²) in [6.45, 7) is -0.261. The molecule has 3 rings (SSSR count). The van der Waals surface area contributed by atoms with Crippen molar-refractivity contribution in [2.24, 2.45) is 4.99 Å². The molecule has 3 heterocycles. The topological polar surface area (TPSA) is 116 Å². The molecule has 1 saturated heterocycles. The first-order valence-corrected chi connectivity index (χ1v) is 7.25. The van der Waals surface area contributed by atoms with Crippen LogP contribution in [0.15, 0.2) is 22.1 Å². The molecule has 0 spiro atoms. The molecule has 1 aliphatic rings. The van der Waals surface area contributed by atoms with E-state index in [2.05, 4.69) is 15.0 Å². The fourth-order valence-electron chi connectivity index (χ4n) is 2.55. The predicted octanol–water partition coefficient (Wildman–Crippen LogP) is -0.413. The summed E-state index contributed by atoms with van der Waals surface area (Å²) in [5.41, 5.74) is 0.132. The molecule has 2 aromatic heterocycles. The third kappa shape index (κ3) is 2.98. The standard InChI is InChI=1S/C14H19N5O4/c1-18(2)7-15-14-16-12-8(13(22)17-14)3-4-19(12)11-5-9(21)10(6-20)23-11/h3-4,7,9-11,20-21H,5-6H2,1-2H3,(H,16,17,22)/b15-7+/t9-,10+,11+/m0/s1. The van der Waals surface area contributed by atoms with Crippen LogP contribution >= 0.6 is 0 Å². The monoisotopic (exact) mass is 321 g/mol. The van der Waals surface area contributed by atoms with E-state index in [1.165, 1.54) is 6.34 Å². The SMILES string of the molecule is CN(C)/C=N/c1nc2c(ccn2[C@H]2C[C@H](O)[C@@H](CO)O2)c(=O)[nH]1. The van der Waals surface area contributed by atoms with E-state index >= 15 is 0 Å². The van der Waals surface area contributed by atoms with Gasteiger partial charge >= 0.3 is 0 Å². The molecule has 0 bridgehead atoms. The van der Waals surface area contributed by atoms with Gasteiger partial charge in [0.1, 0.15) is 12.3 Å². The molecule has 2 aromatic rings. The van der Waals surface area contributed by atoms with Gasteiger partial charge in [0.25, 0.3) is 5.56 Å². The van der Waals surface area contributed by atoms with Crippen LogP contribution in [0.1, 0.15) is 12.6 Å². The number of rotatable bonds is 4. The fourth-order valence-corrected chi connectivity index (χ4v) is 2.55. The van der Waals surface area contributed by atoms with Crippen LogP contribution in [-0.4, -0.2) is 68.9 Å². The summed E-state index contributed by atoms with van der Waals surface area (Å²) in [5, 5.41) is 19.5. The Morgan fingerprint density at radius 3 is 3.04 bits per heavy atom. The molecule has 0 radical (unpaired) electrons. The molecule has 0 aliphatic carbocycles. The number of aliphatic hydroxyl groups is 2. The Kier molecular flexibility index (Phi) is 4.16. The zero-order chi connectivity index (χ0) is 16.6. The maximum absolute atomic E-state index is 12.1. The van der Waals surface area contributed by atoms with Crippen molar-refractivity contribution in [3.63, 3.8) is 0 Å². The average Bonchev–Trinajstić information content (AvgIpc) is 3.08. The van der Waals surface area contributed by atoms with E-state index in [0.29, 0.717) is 17.5 Å². The molecule has 9 nitrogen and oxygen atoms in total. The number of hydrogen-bond acceptors (Lipinski definition) is 6. The van der Waals surface area contributed by atoms with Crippen LogP contribution in [0.3, 0.4) is 0 Å². The first-order valence-electron chi connectivity index (χ1n) is 7.25. The highest BCUT2D eigenvalue weighted by Gasteiger charge is 2.35. The molecule has 0 unspecified atom stereocenters. The molecule has 0 saturated carbocycles. The number of aromatic nitrogens is 3. The zero-order valence-corrected chi connectivity index (χ0v) is 12.9. The minimum atomic E-state index is -0.754. The number of ether oxygens (including phenoxy) is 1. The molecule has 0 amide bonds. The van der Waals surface area contributed by atoms with Crippen LogP contribution in [0, 0.1) is 0 Å². The lowest BCUT2D eigenvalue weighted by Gasteiger charge is -2.14. The summed E-state index contributed by atoms with van der Waals surface area (Å²) in [6, 6.07) is 1.64. The van der Waals surface area contributed by atoms with E-state index in [0.717, 1.165) is 0 Å². The van der Waals surface area contributed by atoms with Crippen molar-refractivity contribution in [1.82, 2.24) is 19.4 Å². The Hall–Kier alpha value is -2.23. The molecule has 9 heteroatoms. The normalized spacial score (nSPS) is 24.8. The Labute approximate surface area is 131 Å². The van der Waals surface area contributed by atoms with E-state index < -0.39 is 18.4 Å². The second kappa shape index (κ2) is 6.11. The lowest BCUT2D eigenvalue weighted by molar-refractivity contribution is -0.0430. The molecular formula is C14H19N5O4. The van der Waals surface area contributed by atoms with E-state index in [1.807, 2.05) is 14.1 Å². The van der Waals surface area contributed by atoms with Gasteiger partial charge in [0.2, 0.25) is 5.95 Å². The van der Waals surface area contributed by atoms with Crippen LogP contribution in [0.5, 0.6) is 0 Å². The lowest BCUT2D eigenvalue weighted by Crippen LogP contribution is -2.24. The van der Waals surface area contributed by atoms with Crippen LogP contribution < -0.4 is 5.56 Å². The summed E-state index contributed by atoms with van der Waals surface area (Å²) in [4.78, 5) is 24.9. The van der Waals surface area contributed by atoms with Crippen LogP contribution in [-0.2, 0) is 4.74 Å². The number of H-pyrrole nitrogens is 1. The van der Waals surface area contributed by atoms with Crippen LogP contribution in [0.2, 0.25) is 0 Å². The van der Waals surface area contributed by atoms with Crippen LogP contribution in [0.4, 0.5) is 5.95 Å². The van der Waals surface area contributed by atoms with Gasteiger partial charge < -0.3 is 24.4 Å². The maximum atomic E-state index is 12.1. The first-order chi connectivity index (χ1) is 11.0. The largest absolute Gasteiger partial charge is 0.394 e. The highest BCUT2D eigenvalue weighted by molar-refractivity contribution is 5.76. The zero-order valence-electron chi connectivity index (χ0n) is 12.9. The van der Waals surface area contributed by atoms with Crippen molar-refractivity contribution in [2.75, 3.05) is 20.7 Å². The van der Waals surface area contributed by atoms with E-state index in [1.54, 1.807) is 21.7 Å². The number of nitrogens with zero attached hydrogens (tertiary/aromatic N) is 4. The van der Waals surface area contributed by atoms with Gasteiger partial charge in [-0.2, -0.15) is 4.98 Å². The van der Waals surface area contributed by atoms with Crippen molar-refractivity contribution >= 4 is 23.3 Å². The van der Waals surface area contributed by atoms with Gasteiger partial charge in [0.15, 0.2) is 5.65 Å². The Morgan fingerprint density at radius 1 is 1.61 bits per heavy atom. The van der Waals surface area contributed by atoms with Crippen molar-refractivity contribution in [1.29, 1.82) is 0 Å². The second-order valence-electron chi connectivity index (χ2n) is 5.67. The number of fused-ring (bicyclic) bond motifs is 1. The summed E-state index contributed by atoms with van der Waals surface area (Å²) in [6.07, 6.45) is 1.67. The summed E-state index contributed by atoms with van der Waals surface area (Å²) >= 11 is 0. The number of nitrogens with one attached hydrogen (secondary N) is 1. The lowest BCUT2D eigenvalue weighted by atomic mass is 10.2. The molecule has 1 fully saturated rings. The van der Waals surface area contributed by atoms with Gasteiger partial charge in [0.05, 0.1) is 24.4 Å². The second-order valence-corrected chi connectivity index (χ2v) is 5.67. The van der Waals surface area contributed by atoms with Gasteiger partial charge in [0, 0.05) is 26.7 Å². The molecule has 1 aliphatic heterocycles. The summed E-state index contributed by atoms with van der Waals surface area (Å²) < 4.78 is 7.30. The molecule has 0 aromatic carbocycles. The van der Waals surface area contributed by atoms with Crippen molar-refractivity contribution in [3.8, 4) is 0 Å². The summed E-state index contributed by atoms with van der Waals surface area (Å²) in [7, 11) is 3.62. The van der Waals surface area contributed by atoms with Crippen molar-refractivity contribution in [3.05, 3.63) is 22.6 Å². The number of aromatic amines is 1. The maximum Gasteiger partial charge on any atom is 0.261 e. The molecule has 3 N–H and O–H groups in total. The Bertz CT molecular complexity index is 781. The first kappa shape index (κ1) is 15.7. The third-order valence-electron chi connectivity index (χ3n) is 3.67. The van der Waals surface area contributed by atoms with Crippen molar-refractivity contribution in [2.45, 2.75) is 24.9 Å². The van der Waals surface area contributed by atoms with Gasteiger partial charge in [-0.25, -0.2) is 4.99 Å². The van der Waals surface area contributed by atoms with E-state index in [4.69, 9.17) is 4.74 Å². The summed E-state index contributed by atoms with van der Waals surface area (Å²) in [5.74, 6) is 0.188. The Balaban J connectivity index is 2.00. The Morgan fingerprint density at radius 2 is 2.39 bits per heavy atom. The highest BCUT2D eigenvalue weighted by atomic mass is 16.5. The van der Waals surface area contributed by atoms with E-state index in [-0.39, 0.29) is 18.1 Å². The number of hydrogen-bond donors (Lipinski definition) is 3. The van der Waals surface area contributed by atoms with E-state index in [9.17, 15) is 15.0 Å². The minimum Gasteiger partial charge on any atom is -0.394 e. The molecule has 3 atom stereocenters.